The van der Waals surface area contributed by atoms with Crippen LogP contribution in [0, 0.1) is 0 Å². The van der Waals surface area contributed by atoms with Crippen molar-refractivity contribution in [2.75, 3.05) is 10.8 Å². The number of anilines is 1. The van der Waals surface area contributed by atoms with Crippen LogP contribution in [0.15, 0.2) is 87.9 Å². The summed E-state index contributed by atoms with van der Waals surface area (Å²) >= 11 is 12.2. The maximum atomic E-state index is 13.4. The van der Waals surface area contributed by atoms with Gasteiger partial charge in [-0.3, -0.25) is 9.10 Å². The van der Waals surface area contributed by atoms with Crippen LogP contribution >= 0.6 is 23.2 Å². The first-order valence-electron chi connectivity index (χ1n) is 9.93. The highest BCUT2D eigenvalue weighted by molar-refractivity contribution is 7.92. The van der Waals surface area contributed by atoms with E-state index in [-0.39, 0.29) is 32.2 Å². The Morgan fingerprint density at radius 3 is 2.29 bits per heavy atom. The number of halogens is 2. The van der Waals surface area contributed by atoms with E-state index in [1.165, 1.54) is 34.9 Å². The van der Waals surface area contributed by atoms with E-state index in [2.05, 4.69) is 10.2 Å². The predicted molar refractivity (Wildman–Crippen MR) is 132 cm³/mol. The number of carbonyl (C=O) groups excluding carboxylic acids is 1. The lowest BCUT2D eigenvalue weighted by Gasteiger charge is -2.23. The molecule has 1 heterocycles. The number of para-hydroxylation sites is 1. The van der Waals surface area contributed by atoms with Gasteiger partial charge in [0.25, 0.3) is 15.9 Å². The summed E-state index contributed by atoms with van der Waals surface area (Å²) in [7, 11) is -2.52. The molecule has 1 aromatic heterocycles. The van der Waals surface area contributed by atoms with Crippen molar-refractivity contribution in [1.82, 2.24) is 4.57 Å². The minimum absolute atomic E-state index is 0.0254. The lowest BCUT2D eigenvalue weighted by Crippen LogP contribution is -2.35. The molecule has 34 heavy (non-hydrogen) atoms. The predicted octanol–water partition coefficient (Wildman–Crippen LogP) is 5.70. The minimum atomic E-state index is -4.16. The number of aromatic hydroxyl groups is 1. The van der Waals surface area contributed by atoms with Crippen molar-refractivity contribution in [1.29, 1.82) is 0 Å². The minimum Gasteiger partial charge on any atom is -0.493 e. The van der Waals surface area contributed by atoms with Crippen LogP contribution in [0.1, 0.15) is 0 Å². The summed E-state index contributed by atoms with van der Waals surface area (Å²) in [5.41, 5.74) is 0.899. The fourth-order valence-electron chi connectivity index (χ4n) is 3.44. The zero-order valence-electron chi connectivity index (χ0n) is 17.8. The maximum Gasteiger partial charge on any atom is 0.285 e. The second-order valence-electron chi connectivity index (χ2n) is 7.29. The average Bonchev–Trinajstić information content (AvgIpc) is 3.05. The Morgan fingerprint density at radius 2 is 1.62 bits per heavy atom. The highest BCUT2D eigenvalue weighted by atomic mass is 35.5. The molecule has 0 aliphatic rings. The van der Waals surface area contributed by atoms with Gasteiger partial charge >= 0.3 is 0 Å². The summed E-state index contributed by atoms with van der Waals surface area (Å²) in [5, 5.41) is 19.0. The molecule has 4 rings (SSSR count). The molecular weight excluding hydrogens is 499 g/mol. The van der Waals surface area contributed by atoms with Crippen molar-refractivity contribution in [3.63, 3.8) is 0 Å². The number of rotatable bonds is 6. The fourth-order valence-corrected chi connectivity index (χ4v) is 5.37. The molecule has 0 spiro atoms. The van der Waals surface area contributed by atoms with E-state index in [4.69, 9.17) is 23.2 Å². The van der Waals surface area contributed by atoms with Crippen molar-refractivity contribution in [3.8, 4) is 5.88 Å². The third-order valence-corrected chi connectivity index (χ3v) is 7.28. The number of benzene rings is 3. The van der Waals surface area contributed by atoms with E-state index in [1.807, 2.05) is 0 Å². The van der Waals surface area contributed by atoms with Crippen molar-refractivity contribution >= 4 is 61.4 Å². The number of azo groups is 1. The Labute approximate surface area is 205 Å². The van der Waals surface area contributed by atoms with Crippen LogP contribution in [-0.2, 0) is 21.9 Å². The standard InChI is InChI=1S/C23H18Cl2N4O4S/c1-28-20-10-6-5-9-19(20)22(23(28)31)27-26-21(30)14-29(17-12-15(24)11-16(25)13-17)34(32,33)18-7-3-2-4-8-18/h2-13,31H,14H2,1H3. The van der Waals surface area contributed by atoms with Gasteiger partial charge in [0.15, 0.2) is 5.69 Å². The first kappa shape index (κ1) is 23.7. The quantitative estimate of drug-likeness (QED) is 0.332. The van der Waals surface area contributed by atoms with Crippen LogP contribution in [0.25, 0.3) is 10.9 Å². The lowest BCUT2D eigenvalue weighted by atomic mass is 10.2. The number of aryl methyl sites for hydroxylation is 1. The molecule has 1 N–H and O–H groups in total. The highest BCUT2D eigenvalue weighted by Gasteiger charge is 2.28. The largest absolute Gasteiger partial charge is 0.493 e. The molecule has 8 nitrogen and oxygen atoms in total. The first-order valence-corrected chi connectivity index (χ1v) is 12.1. The van der Waals surface area contributed by atoms with Gasteiger partial charge in [-0.1, -0.05) is 59.6 Å². The number of nitrogens with zero attached hydrogens (tertiary/aromatic N) is 4. The van der Waals surface area contributed by atoms with Crippen LogP contribution in [0.2, 0.25) is 10.0 Å². The SMILES string of the molecule is Cn1c(O)c(N=NC(=O)CN(c2cc(Cl)cc(Cl)c2)S(=O)(=O)c2ccccc2)c2ccccc21. The molecule has 0 saturated heterocycles. The van der Waals surface area contributed by atoms with Gasteiger partial charge in [-0.15, -0.1) is 10.2 Å². The molecule has 0 aliphatic heterocycles. The van der Waals surface area contributed by atoms with Crippen molar-refractivity contribution in [3.05, 3.63) is 82.8 Å². The van der Waals surface area contributed by atoms with Crippen molar-refractivity contribution in [2.24, 2.45) is 17.3 Å². The number of fused-ring (bicyclic) bond motifs is 1. The van der Waals surface area contributed by atoms with Gasteiger partial charge in [-0.05, 0) is 36.4 Å². The van der Waals surface area contributed by atoms with E-state index in [9.17, 15) is 18.3 Å². The monoisotopic (exact) mass is 516 g/mol. The number of hydrogen-bond acceptors (Lipinski definition) is 5. The Bertz CT molecular complexity index is 1500. The van der Waals surface area contributed by atoms with Crippen LogP contribution in [0.5, 0.6) is 5.88 Å². The lowest BCUT2D eigenvalue weighted by molar-refractivity contribution is -0.116. The third kappa shape index (κ3) is 4.63. The molecule has 0 fully saturated rings. The van der Waals surface area contributed by atoms with E-state index in [0.717, 1.165) is 4.31 Å². The number of amides is 1. The first-order chi connectivity index (χ1) is 16.2. The van der Waals surface area contributed by atoms with Crippen LogP contribution < -0.4 is 4.31 Å². The summed E-state index contributed by atoms with van der Waals surface area (Å²) in [6, 6.07) is 18.9. The summed E-state index contributed by atoms with van der Waals surface area (Å²) < 4.78 is 29.1. The zero-order valence-corrected chi connectivity index (χ0v) is 20.1. The summed E-state index contributed by atoms with van der Waals surface area (Å²) in [5.74, 6) is -1.03. The second kappa shape index (κ2) is 9.46. The smallest absolute Gasteiger partial charge is 0.285 e. The summed E-state index contributed by atoms with van der Waals surface area (Å²) in [6.45, 7) is -0.664. The Morgan fingerprint density at radius 1 is 1.00 bits per heavy atom. The Kier molecular flexibility index (Phi) is 6.60. The van der Waals surface area contributed by atoms with Crippen LogP contribution in [0.3, 0.4) is 0 Å². The topological polar surface area (TPSA) is 104 Å². The van der Waals surface area contributed by atoms with Gasteiger partial charge < -0.3 is 9.67 Å². The fraction of sp³-hybridized carbons (Fsp3) is 0.0870. The number of hydrogen-bond donors (Lipinski definition) is 1. The Balaban J connectivity index is 1.71. The molecule has 0 aliphatic carbocycles. The molecule has 3 aromatic carbocycles. The van der Waals surface area contributed by atoms with Gasteiger partial charge in [0.2, 0.25) is 5.88 Å². The van der Waals surface area contributed by atoms with E-state index < -0.39 is 22.5 Å². The maximum absolute atomic E-state index is 13.4. The average molecular weight is 517 g/mol. The zero-order chi connectivity index (χ0) is 24.5. The number of carbonyl (C=O) groups is 1. The van der Waals surface area contributed by atoms with E-state index >= 15 is 0 Å². The third-order valence-electron chi connectivity index (χ3n) is 5.06. The van der Waals surface area contributed by atoms with E-state index in [1.54, 1.807) is 49.5 Å². The molecule has 0 saturated carbocycles. The van der Waals surface area contributed by atoms with Gasteiger partial charge in [-0.25, -0.2) is 8.42 Å². The number of aromatic nitrogens is 1. The molecule has 1 amide bonds. The van der Waals surface area contributed by atoms with Crippen molar-refractivity contribution < 1.29 is 18.3 Å². The molecule has 174 valence electrons. The van der Waals surface area contributed by atoms with Crippen LogP contribution in [-0.4, -0.2) is 30.5 Å². The molecule has 4 aromatic rings. The van der Waals surface area contributed by atoms with Crippen LogP contribution in [0.4, 0.5) is 11.4 Å². The van der Waals surface area contributed by atoms with Gasteiger partial charge in [0.1, 0.15) is 6.54 Å². The molecule has 0 unspecified atom stereocenters. The number of sulfonamides is 1. The normalized spacial score (nSPS) is 11.9. The summed E-state index contributed by atoms with van der Waals surface area (Å²) in [4.78, 5) is 12.8. The highest BCUT2D eigenvalue weighted by Crippen LogP contribution is 2.38. The van der Waals surface area contributed by atoms with Gasteiger partial charge in [0.05, 0.1) is 16.1 Å². The summed E-state index contributed by atoms with van der Waals surface area (Å²) in [6.07, 6.45) is 0. The molecular formula is C23H18Cl2N4O4S. The molecule has 0 bridgehead atoms. The molecule has 0 radical (unpaired) electrons. The Hall–Kier alpha value is -3.40. The molecule has 0 atom stereocenters. The second-order valence-corrected chi connectivity index (χ2v) is 10.0. The van der Waals surface area contributed by atoms with Gasteiger partial charge in [0, 0.05) is 22.5 Å². The van der Waals surface area contributed by atoms with Crippen molar-refractivity contribution in [2.45, 2.75) is 4.90 Å². The molecule has 11 heteroatoms. The van der Waals surface area contributed by atoms with Gasteiger partial charge in [-0.2, -0.15) is 0 Å². The van der Waals surface area contributed by atoms with E-state index in [0.29, 0.717) is 10.9 Å².